The van der Waals surface area contributed by atoms with Gasteiger partial charge in [-0.05, 0) is 31.9 Å². The molecule has 4 nitrogen and oxygen atoms in total. The van der Waals surface area contributed by atoms with Crippen molar-refractivity contribution in [1.29, 1.82) is 0 Å². The molecule has 0 spiro atoms. The van der Waals surface area contributed by atoms with Crippen LogP contribution < -0.4 is 0 Å². The summed E-state index contributed by atoms with van der Waals surface area (Å²) in [6.07, 6.45) is 2.80. The van der Waals surface area contributed by atoms with Crippen LogP contribution >= 0.6 is 0 Å². The summed E-state index contributed by atoms with van der Waals surface area (Å²) in [4.78, 5) is 0. The van der Waals surface area contributed by atoms with Gasteiger partial charge in [0.2, 0.25) is 0 Å². The summed E-state index contributed by atoms with van der Waals surface area (Å²) >= 11 is 0. The highest BCUT2D eigenvalue weighted by atomic mass is 16.5. The van der Waals surface area contributed by atoms with Crippen LogP contribution in [0.5, 0.6) is 0 Å². The summed E-state index contributed by atoms with van der Waals surface area (Å²) < 4.78 is 12.9. The van der Waals surface area contributed by atoms with Gasteiger partial charge >= 0.3 is 0 Å². The van der Waals surface area contributed by atoms with E-state index in [0.717, 1.165) is 18.7 Å². The minimum Gasteiger partial charge on any atom is -0.380 e. The summed E-state index contributed by atoms with van der Waals surface area (Å²) in [5.41, 5.74) is 3.73. The molecule has 0 atom stereocenters. The number of hydrogen-bond donors (Lipinski definition) is 0. The number of hydrogen-bond acceptors (Lipinski definition) is 3. The normalized spacial score (nSPS) is 16.9. The Hall–Kier alpha value is -1.13. The first-order valence-corrected chi connectivity index (χ1v) is 6.05. The van der Waals surface area contributed by atoms with Gasteiger partial charge in [-0.15, -0.1) is 0 Å². The molecule has 1 aliphatic rings. The quantitative estimate of drug-likeness (QED) is 0.804. The van der Waals surface area contributed by atoms with Crippen molar-refractivity contribution >= 4 is 5.57 Å². The molecule has 0 bridgehead atoms. The van der Waals surface area contributed by atoms with E-state index in [4.69, 9.17) is 9.47 Å². The summed E-state index contributed by atoms with van der Waals surface area (Å²) in [7, 11) is 1.74. The molecule has 17 heavy (non-hydrogen) atoms. The molecule has 1 aromatic heterocycles. The summed E-state index contributed by atoms with van der Waals surface area (Å²) in [5.74, 6) is 0. The number of aromatic nitrogens is 2. The Bertz CT molecular complexity index is 407. The van der Waals surface area contributed by atoms with Gasteiger partial charge < -0.3 is 9.47 Å². The lowest BCUT2D eigenvalue weighted by molar-refractivity contribution is 0.148. The van der Waals surface area contributed by atoms with E-state index in [1.54, 1.807) is 7.11 Å². The first kappa shape index (κ1) is 12.3. The molecular weight excluding hydrogens is 216 g/mol. The third kappa shape index (κ3) is 2.58. The molecule has 4 heteroatoms. The van der Waals surface area contributed by atoms with Crippen molar-refractivity contribution in [3.05, 3.63) is 23.5 Å². The van der Waals surface area contributed by atoms with Gasteiger partial charge in [-0.1, -0.05) is 0 Å². The standard InChI is InChI=1S/C13H20N2O2/c1-10(2)15-13(4-6-14-15)12-9-17-7-5-11(12)8-16-3/h4,6,10H,5,7-9H2,1-3H3. The molecule has 1 aromatic rings. The lowest BCUT2D eigenvalue weighted by atomic mass is 10.0. The average Bonchev–Trinajstić information content (AvgIpc) is 2.79. The number of methoxy groups -OCH3 is 1. The molecule has 0 radical (unpaired) electrons. The fourth-order valence-electron chi connectivity index (χ4n) is 2.18. The van der Waals surface area contributed by atoms with Crippen molar-refractivity contribution in [3.63, 3.8) is 0 Å². The van der Waals surface area contributed by atoms with Crippen LogP contribution in [0.1, 0.15) is 32.0 Å². The molecule has 94 valence electrons. The van der Waals surface area contributed by atoms with Crippen molar-refractivity contribution in [3.8, 4) is 0 Å². The molecule has 0 saturated heterocycles. The van der Waals surface area contributed by atoms with Gasteiger partial charge in [0, 0.05) is 24.9 Å². The fraction of sp³-hybridized carbons (Fsp3) is 0.615. The maximum absolute atomic E-state index is 5.56. The van der Waals surface area contributed by atoms with Crippen LogP contribution in [-0.4, -0.2) is 36.7 Å². The highest BCUT2D eigenvalue weighted by molar-refractivity contribution is 5.68. The fourth-order valence-corrected chi connectivity index (χ4v) is 2.18. The molecule has 1 aliphatic heterocycles. The summed E-state index contributed by atoms with van der Waals surface area (Å²) in [6.45, 7) is 6.41. The molecule has 0 aromatic carbocycles. The van der Waals surface area contributed by atoms with Crippen LogP contribution in [0.25, 0.3) is 5.57 Å². The van der Waals surface area contributed by atoms with Crippen molar-refractivity contribution in [2.45, 2.75) is 26.3 Å². The largest absolute Gasteiger partial charge is 0.380 e. The van der Waals surface area contributed by atoms with Crippen molar-refractivity contribution < 1.29 is 9.47 Å². The van der Waals surface area contributed by atoms with Crippen LogP contribution in [0.3, 0.4) is 0 Å². The molecule has 0 N–H and O–H groups in total. The Balaban J connectivity index is 2.38. The van der Waals surface area contributed by atoms with Gasteiger partial charge in [-0.2, -0.15) is 5.10 Å². The Morgan fingerprint density at radius 2 is 2.35 bits per heavy atom. The predicted octanol–water partition coefficient (Wildman–Crippen LogP) is 2.28. The zero-order valence-corrected chi connectivity index (χ0v) is 10.8. The third-order valence-electron chi connectivity index (χ3n) is 3.01. The van der Waals surface area contributed by atoms with Gasteiger partial charge in [0.25, 0.3) is 0 Å². The molecule has 0 amide bonds. The minimum atomic E-state index is 0.359. The van der Waals surface area contributed by atoms with E-state index in [-0.39, 0.29) is 0 Å². The van der Waals surface area contributed by atoms with Crippen LogP contribution in [0, 0.1) is 0 Å². The highest BCUT2D eigenvalue weighted by Gasteiger charge is 2.18. The molecule has 2 rings (SSSR count). The Morgan fingerprint density at radius 3 is 3.06 bits per heavy atom. The maximum Gasteiger partial charge on any atom is 0.0738 e. The van der Waals surface area contributed by atoms with E-state index in [2.05, 4.69) is 25.0 Å². The van der Waals surface area contributed by atoms with E-state index in [1.807, 2.05) is 10.9 Å². The van der Waals surface area contributed by atoms with Crippen LogP contribution in [0.15, 0.2) is 17.8 Å². The monoisotopic (exact) mass is 236 g/mol. The Morgan fingerprint density at radius 1 is 1.53 bits per heavy atom. The molecule has 0 saturated carbocycles. The van der Waals surface area contributed by atoms with E-state index in [1.165, 1.54) is 11.1 Å². The summed E-state index contributed by atoms with van der Waals surface area (Å²) in [6, 6.07) is 2.41. The van der Waals surface area contributed by atoms with E-state index < -0.39 is 0 Å². The average molecular weight is 236 g/mol. The lowest BCUT2D eigenvalue weighted by Crippen LogP contribution is -2.17. The predicted molar refractivity (Wildman–Crippen MR) is 66.8 cm³/mol. The van der Waals surface area contributed by atoms with Crippen LogP contribution in [0.4, 0.5) is 0 Å². The van der Waals surface area contributed by atoms with Crippen LogP contribution in [-0.2, 0) is 9.47 Å². The van der Waals surface area contributed by atoms with Gasteiger partial charge in [0.15, 0.2) is 0 Å². The van der Waals surface area contributed by atoms with E-state index in [0.29, 0.717) is 19.3 Å². The van der Waals surface area contributed by atoms with Gasteiger partial charge in [-0.3, -0.25) is 4.68 Å². The molecule has 0 unspecified atom stereocenters. The van der Waals surface area contributed by atoms with Gasteiger partial charge in [-0.25, -0.2) is 0 Å². The van der Waals surface area contributed by atoms with E-state index in [9.17, 15) is 0 Å². The highest BCUT2D eigenvalue weighted by Crippen LogP contribution is 2.26. The lowest BCUT2D eigenvalue weighted by Gasteiger charge is -2.22. The smallest absolute Gasteiger partial charge is 0.0738 e. The SMILES string of the molecule is COCC1=C(c2ccnn2C(C)C)COCC1. The first-order chi connectivity index (χ1) is 8.24. The zero-order valence-electron chi connectivity index (χ0n) is 10.8. The third-order valence-corrected chi connectivity index (χ3v) is 3.01. The zero-order chi connectivity index (χ0) is 12.3. The second kappa shape index (κ2) is 5.47. The second-order valence-corrected chi connectivity index (χ2v) is 4.57. The van der Waals surface area contributed by atoms with Gasteiger partial charge in [0.05, 0.1) is 25.5 Å². The number of ether oxygens (including phenoxy) is 2. The summed E-state index contributed by atoms with van der Waals surface area (Å²) in [5, 5.41) is 4.37. The molecule has 2 heterocycles. The van der Waals surface area contributed by atoms with E-state index >= 15 is 0 Å². The Kier molecular flexibility index (Phi) is 3.97. The van der Waals surface area contributed by atoms with Gasteiger partial charge in [0.1, 0.15) is 0 Å². The minimum absolute atomic E-state index is 0.359. The second-order valence-electron chi connectivity index (χ2n) is 4.57. The molecule has 0 aliphatic carbocycles. The number of nitrogens with zero attached hydrogens (tertiary/aromatic N) is 2. The van der Waals surface area contributed by atoms with Crippen molar-refractivity contribution in [2.75, 3.05) is 26.9 Å². The molecular formula is C13H20N2O2. The first-order valence-electron chi connectivity index (χ1n) is 6.05. The van der Waals surface area contributed by atoms with Crippen molar-refractivity contribution in [1.82, 2.24) is 9.78 Å². The van der Waals surface area contributed by atoms with Crippen LogP contribution in [0.2, 0.25) is 0 Å². The number of rotatable bonds is 4. The Labute approximate surface area is 102 Å². The van der Waals surface area contributed by atoms with Crippen molar-refractivity contribution in [2.24, 2.45) is 0 Å². The topological polar surface area (TPSA) is 36.3 Å². The maximum atomic E-state index is 5.56. The molecule has 0 fully saturated rings.